The van der Waals surface area contributed by atoms with Crippen molar-refractivity contribution >= 4 is 27.3 Å². The molecule has 3 aromatic rings. The first-order valence-electron chi connectivity index (χ1n) is 9.20. The normalized spacial score (nSPS) is 11.3. The van der Waals surface area contributed by atoms with Crippen molar-refractivity contribution in [1.82, 2.24) is 0 Å². The first-order chi connectivity index (χ1) is 14.6. The number of hydrogen-bond acceptors (Lipinski definition) is 4. The molecule has 0 aliphatic carbocycles. The molecule has 31 heavy (non-hydrogen) atoms. The molecule has 162 valence electrons. The highest BCUT2D eigenvalue weighted by molar-refractivity contribution is 7.92. The number of carbonyl (C=O) groups is 1. The van der Waals surface area contributed by atoms with Crippen LogP contribution >= 0.6 is 0 Å². The highest BCUT2D eigenvalue weighted by Crippen LogP contribution is 2.24. The van der Waals surface area contributed by atoms with Gasteiger partial charge in [0.05, 0.1) is 4.90 Å². The zero-order valence-corrected chi connectivity index (χ0v) is 17.5. The summed E-state index contributed by atoms with van der Waals surface area (Å²) in [4.78, 5) is 12.5. The first-order valence-corrected chi connectivity index (χ1v) is 10.7. The van der Waals surface area contributed by atoms with Crippen LogP contribution in [0, 0.1) is 13.8 Å². The summed E-state index contributed by atoms with van der Waals surface area (Å²) in [5.41, 5.74) is 2.31. The summed E-state index contributed by atoms with van der Waals surface area (Å²) in [5, 5.41) is 2.61. The Morgan fingerprint density at radius 3 is 2.29 bits per heavy atom. The van der Waals surface area contributed by atoms with E-state index in [1.54, 1.807) is 37.3 Å². The molecule has 0 aliphatic rings. The Hall–Kier alpha value is -3.46. The van der Waals surface area contributed by atoms with Crippen molar-refractivity contribution in [3.05, 3.63) is 83.4 Å². The molecule has 0 atom stereocenters. The Labute approximate surface area is 178 Å². The molecule has 0 heterocycles. The van der Waals surface area contributed by atoms with E-state index in [0.29, 0.717) is 11.3 Å². The second-order valence-electron chi connectivity index (χ2n) is 6.81. The summed E-state index contributed by atoms with van der Waals surface area (Å²) in [6.45, 7) is 0.546. The van der Waals surface area contributed by atoms with Gasteiger partial charge in [-0.05, 0) is 73.5 Å². The summed E-state index contributed by atoms with van der Waals surface area (Å²) >= 11 is 0. The van der Waals surface area contributed by atoms with Gasteiger partial charge >= 0.3 is 6.61 Å². The molecular weight excluding hydrogens is 426 g/mol. The topological polar surface area (TPSA) is 84.5 Å². The van der Waals surface area contributed by atoms with E-state index in [1.807, 2.05) is 13.0 Å². The van der Waals surface area contributed by atoms with Crippen LogP contribution in [0.1, 0.15) is 21.5 Å². The van der Waals surface area contributed by atoms with Gasteiger partial charge in [-0.25, -0.2) is 8.42 Å². The van der Waals surface area contributed by atoms with E-state index in [1.165, 1.54) is 30.3 Å². The molecule has 2 N–H and O–H groups in total. The molecule has 0 saturated heterocycles. The van der Waals surface area contributed by atoms with Crippen LogP contribution in [0.3, 0.4) is 0 Å². The number of aryl methyl sites for hydroxylation is 2. The van der Waals surface area contributed by atoms with Crippen molar-refractivity contribution in [3.8, 4) is 5.75 Å². The third-order valence-corrected chi connectivity index (χ3v) is 5.87. The summed E-state index contributed by atoms with van der Waals surface area (Å²) < 4.78 is 57.0. The Balaban J connectivity index is 1.79. The van der Waals surface area contributed by atoms with Crippen molar-refractivity contribution in [2.75, 3.05) is 10.0 Å². The molecule has 0 aliphatic heterocycles. The van der Waals surface area contributed by atoms with Crippen LogP contribution in [0.4, 0.5) is 20.2 Å². The van der Waals surface area contributed by atoms with Gasteiger partial charge in [0, 0.05) is 16.9 Å². The van der Waals surface area contributed by atoms with Gasteiger partial charge < -0.3 is 10.1 Å². The molecule has 0 bridgehead atoms. The average Bonchev–Trinajstić information content (AvgIpc) is 2.69. The second kappa shape index (κ2) is 9.13. The quantitative estimate of drug-likeness (QED) is 0.537. The number of ether oxygens (including phenoxy) is 1. The van der Waals surface area contributed by atoms with Crippen LogP contribution in [0.25, 0.3) is 0 Å². The molecule has 6 nitrogen and oxygen atoms in total. The Morgan fingerprint density at radius 2 is 1.65 bits per heavy atom. The molecule has 9 heteroatoms. The third-order valence-electron chi connectivity index (χ3n) is 4.35. The van der Waals surface area contributed by atoms with E-state index >= 15 is 0 Å². The lowest BCUT2D eigenvalue weighted by Gasteiger charge is -2.13. The van der Waals surface area contributed by atoms with Gasteiger partial charge in [0.2, 0.25) is 0 Å². The SMILES string of the molecule is Cc1cccc(NS(=O)(=O)c2cc(NC(=O)c3ccc(OC(F)F)cc3)ccc2C)c1. The third kappa shape index (κ3) is 5.79. The van der Waals surface area contributed by atoms with Gasteiger partial charge in [-0.1, -0.05) is 18.2 Å². The number of anilines is 2. The summed E-state index contributed by atoms with van der Waals surface area (Å²) in [6, 6.07) is 16.6. The summed E-state index contributed by atoms with van der Waals surface area (Å²) in [5.74, 6) is -0.597. The smallest absolute Gasteiger partial charge is 0.387 e. The fraction of sp³-hybridized carbons (Fsp3) is 0.136. The van der Waals surface area contributed by atoms with E-state index in [2.05, 4.69) is 14.8 Å². The van der Waals surface area contributed by atoms with Crippen LogP contribution in [0.2, 0.25) is 0 Å². The lowest BCUT2D eigenvalue weighted by atomic mass is 10.2. The fourth-order valence-corrected chi connectivity index (χ4v) is 4.20. The van der Waals surface area contributed by atoms with Crippen LogP contribution in [-0.4, -0.2) is 20.9 Å². The van der Waals surface area contributed by atoms with Crippen molar-refractivity contribution in [3.63, 3.8) is 0 Å². The first kappa shape index (κ1) is 22.2. The summed E-state index contributed by atoms with van der Waals surface area (Å²) in [6.07, 6.45) is 0. The minimum atomic E-state index is -3.89. The van der Waals surface area contributed by atoms with Gasteiger partial charge in [0.25, 0.3) is 15.9 Å². The van der Waals surface area contributed by atoms with Crippen LogP contribution in [0.5, 0.6) is 5.75 Å². The molecule has 0 saturated carbocycles. The largest absolute Gasteiger partial charge is 0.435 e. The molecule has 0 spiro atoms. The molecule has 0 aromatic heterocycles. The number of carbonyl (C=O) groups excluding carboxylic acids is 1. The van der Waals surface area contributed by atoms with E-state index < -0.39 is 22.5 Å². The second-order valence-corrected chi connectivity index (χ2v) is 8.46. The molecule has 3 aromatic carbocycles. The fourth-order valence-electron chi connectivity index (χ4n) is 2.88. The minimum Gasteiger partial charge on any atom is -0.435 e. The van der Waals surface area contributed by atoms with E-state index in [4.69, 9.17) is 0 Å². The summed E-state index contributed by atoms with van der Waals surface area (Å²) in [7, 11) is -3.89. The monoisotopic (exact) mass is 446 g/mol. The maximum absolute atomic E-state index is 12.9. The molecule has 3 rings (SSSR count). The van der Waals surface area contributed by atoms with Crippen molar-refractivity contribution < 1.29 is 26.7 Å². The number of hydrogen-bond donors (Lipinski definition) is 2. The van der Waals surface area contributed by atoms with Crippen LogP contribution in [0.15, 0.2) is 71.6 Å². The number of nitrogens with one attached hydrogen (secondary N) is 2. The number of sulfonamides is 1. The van der Waals surface area contributed by atoms with E-state index in [9.17, 15) is 22.0 Å². The number of amides is 1. The van der Waals surface area contributed by atoms with Crippen molar-refractivity contribution in [2.45, 2.75) is 25.4 Å². The highest BCUT2D eigenvalue weighted by Gasteiger charge is 2.18. The van der Waals surface area contributed by atoms with E-state index in [-0.39, 0.29) is 21.9 Å². The molecule has 0 radical (unpaired) electrons. The molecular formula is C22H20F2N2O4S. The standard InChI is InChI=1S/C22H20F2N2O4S/c1-14-4-3-5-18(12-14)26-31(28,29)20-13-17(9-6-15(20)2)25-21(27)16-7-10-19(11-8-16)30-22(23)24/h3-13,22,26H,1-2H3,(H,25,27). The van der Waals surface area contributed by atoms with Crippen molar-refractivity contribution in [2.24, 2.45) is 0 Å². The van der Waals surface area contributed by atoms with Gasteiger partial charge in [-0.2, -0.15) is 8.78 Å². The Bertz CT molecular complexity index is 1200. The predicted octanol–water partition coefficient (Wildman–Crippen LogP) is 4.96. The Morgan fingerprint density at radius 1 is 0.935 bits per heavy atom. The predicted molar refractivity (Wildman–Crippen MR) is 114 cm³/mol. The zero-order chi connectivity index (χ0) is 22.6. The van der Waals surface area contributed by atoms with Crippen LogP contribution < -0.4 is 14.8 Å². The van der Waals surface area contributed by atoms with Crippen LogP contribution in [-0.2, 0) is 10.0 Å². The zero-order valence-electron chi connectivity index (χ0n) is 16.7. The lowest BCUT2D eigenvalue weighted by Crippen LogP contribution is -2.16. The number of benzene rings is 3. The highest BCUT2D eigenvalue weighted by atomic mass is 32.2. The number of halogens is 2. The van der Waals surface area contributed by atoms with Crippen molar-refractivity contribution in [1.29, 1.82) is 0 Å². The van der Waals surface area contributed by atoms with Gasteiger partial charge in [-0.3, -0.25) is 9.52 Å². The molecule has 0 unspecified atom stereocenters. The average molecular weight is 446 g/mol. The maximum Gasteiger partial charge on any atom is 0.387 e. The number of rotatable bonds is 7. The maximum atomic E-state index is 12.9. The van der Waals surface area contributed by atoms with Gasteiger partial charge in [-0.15, -0.1) is 0 Å². The minimum absolute atomic E-state index is 0.0208. The Kier molecular flexibility index (Phi) is 6.55. The molecule has 1 amide bonds. The number of alkyl halides is 2. The van der Waals surface area contributed by atoms with Gasteiger partial charge in [0.15, 0.2) is 0 Å². The lowest BCUT2D eigenvalue weighted by molar-refractivity contribution is -0.0498. The molecule has 0 fully saturated rings. The van der Waals surface area contributed by atoms with E-state index in [0.717, 1.165) is 5.56 Å². The van der Waals surface area contributed by atoms with Gasteiger partial charge in [0.1, 0.15) is 5.75 Å².